The van der Waals surface area contributed by atoms with E-state index in [2.05, 4.69) is 27.1 Å². The molecule has 3 fully saturated rings. The summed E-state index contributed by atoms with van der Waals surface area (Å²) >= 11 is 0. The number of rotatable bonds is 6. The highest BCUT2D eigenvalue weighted by molar-refractivity contribution is 4.91. The zero-order valence-corrected chi connectivity index (χ0v) is 15.9. The normalized spacial score (nSPS) is 30.1. The van der Waals surface area contributed by atoms with Crippen LogP contribution < -0.4 is 9.80 Å². The molecule has 0 spiro atoms. The third-order valence-electron chi connectivity index (χ3n) is 7.04. The van der Waals surface area contributed by atoms with Crippen LogP contribution in [0.1, 0.15) is 89.0 Å². The van der Waals surface area contributed by atoms with Crippen molar-refractivity contribution in [2.45, 2.75) is 89.3 Å². The van der Waals surface area contributed by atoms with Crippen LogP contribution in [-0.2, 0) is 0 Å². The van der Waals surface area contributed by atoms with Crippen molar-refractivity contribution in [1.29, 1.82) is 0 Å². The molecule has 2 heterocycles. The lowest BCUT2D eigenvalue weighted by atomic mass is 10.1. The van der Waals surface area contributed by atoms with Gasteiger partial charge in [0.2, 0.25) is 5.82 Å². The first-order valence-electron chi connectivity index (χ1n) is 10.8. The number of aromatic nitrogens is 4. The summed E-state index contributed by atoms with van der Waals surface area (Å²) in [5.74, 6) is 1.17. The summed E-state index contributed by atoms with van der Waals surface area (Å²) in [5.41, 5.74) is 0. The smallest absolute Gasteiger partial charge is 0.209 e. The molecule has 2 N–H and O–H groups in total. The highest BCUT2D eigenvalue weighted by Gasteiger charge is 2.37. The van der Waals surface area contributed by atoms with Gasteiger partial charge >= 0.3 is 0 Å². The van der Waals surface area contributed by atoms with Crippen molar-refractivity contribution in [2.24, 2.45) is 0 Å². The Morgan fingerprint density at radius 1 is 1.00 bits per heavy atom. The van der Waals surface area contributed by atoms with Crippen LogP contribution in [0, 0.1) is 0 Å². The summed E-state index contributed by atoms with van der Waals surface area (Å²) in [6.07, 6.45) is 13.4. The lowest BCUT2D eigenvalue weighted by Gasteiger charge is -2.36. The molecule has 0 amide bonds. The second kappa shape index (κ2) is 8.12. The number of tetrazole rings is 1. The third-order valence-corrected chi connectivity index (χ3v) is 7.04. The van der Waals surface area contributed by atoms with E-state index in [0.29, 0.717) is 12.1 Å². The summed E-state index contributed by atoms with van der Waals surface area (Å²) in [6, 6.07) is 2.00. The lowest BCUT2D eigenvalue weighted by Crippen LogP contribution is -3.29. The lowest BCUT2D eigenvalue weighted by molar-refractivity contribution is -1.04. The van der Waals surface area contributed by atoms with Gasteiger partial charge in [-0.1, -0.05) is 26.2 Å². The van der Waals surface area contributed by atoms with E-state index in [-0.39, 0.29) is 0 Å². The molecule has 1 saturated heterocycles. The van der Waals surface area contributed by atoms with E-state index < -0.39 is 0 Å². The van der Waals surface area contributed by atoms with Crippen LogP contribution in [0.15, 0.2) is 0 Å². The molecule has 2 saturated carbocycles. The van der Waals surface area contributed by atoms with Crippen molar-refractivity contribution in [2.75, 3.05) is 26.2 Å². The Morgan fingerprint density at radius 3 is 2.36 bits per heavy atom. The van der Waals surface area contributed by atoms with Gasteiger partial charge in [-0.15, -0.1) is 5.10 Å². The Balaban J connectivity index is 1.44. The largest absolute Gasteiger partial charge is 0.323 e. The maximum atomic E-state index is 4.53. The fourth-order valence-electron chi connectivity index (χ4n) is 5.63. The predicted molar refractivity (Wildman–Crippen MR) is 96.6 cm³/mol. The summed E-state index contributed by atoms with van der Waals surface area (Å²) in [6.45, 7) is 7.55. The maximum Gasteiger partial charge on any atom is 0.209 e. The van der Waals surface area contributed by atoms with Crippen molar-refractivity contribution >= 4 is 0 Å². The van der Waals surface area contributed by atoms with Crippen molar-refractivity contribution < 1.29 is 9.80 Å². The van der Waals surface area contributed by atoms with E-state index in [4.69, 9.17) is 0 Å². The Morgan fingerprint density at radius 2 is 1.68 bits per heavy atom. The second-order valence-corrected chi connectivity index (χ2v) is 8.56. The second-order valence-electron chi connectivity index (χ2n) is 8.56. The molecule has 1 atom stereocenters. The van der Waals surface area contributed by atoms with Crippen LogP contribution in [-0.4, -0.2) is 52.4 Å². The molecule has 1 aromatic rings. The quantitative estimate of drug-likeness (QED) is 0.780. The van der Waals surface area contributed by atoms with E-state index in [9.17, 15) is 0 Å². The number of nitrogens with zero attached hydrogens (tertiary/aromatic N) is 4. The monoisotopic (exact) mass is 348 g/mol. The van der Waals surface area contributed by atoms with Gasteiger partial charge in [-0.05, 0) is 49.0 Å². The number of nitrogens with one attached hydrogen (secondary N) is 2. The minimum atomic E-state index is 0.491. The number of hydrogen-bond acceptors (Lipinski definition) is 3. The molecule has 0 radical (unpaired) electrons. The van der Waals surface area contributed by atoms with Crippen LogP contribution in [0.2, 0.25) is 0 Å². The Kier molecular flexibility index (Phi) is 5.66. The van der Waals surface area contributed by atoms with Gasteiger partial charge < -0.3 is 9.80 Å². The minimum absolute atomic E-state index is 0.491. The molecule has 0 aromatic carbocycles. The number of quaternary nitrogens is 2. The van der Waals surface area contributed by atoms with Crippen molar-refractivity contribution in [3.05, 3.63) is 5.82 Å². The van der Waals surface area contributed by atoms with E-state index >= 15 is 0 Å². The summed E-state index contributed by atoms with van der Waals surface area (Å²) in [4.78, 5) is 3.62. The van der Waals surface area contributed by atoms with E-state index in [1.54, 1.807) is 4.90 Å². The van der Waals surface area contributed by atoms with E-state index in [1.165, 1.54) is 96.2 Å². The van der Waals surface area contributed by atoms with Crippen LogP contribution in [0.25, 0.3) is 0 Å². The van der Waals surface area contributed by atoms with Crippen LogP contribution in [0.3, 0.4) is 0 Å². The highest BCUT2D eigenvalue weighted by atomic mass is 15.6. The van der Waals surface area contributed by atoms with Gasteiger partial charge in [0.25, 0.3) is 0 Å². The average Bonchev–Trinajstić information content (AvgIpc) is 3.42. The van der Waals surface area contributed by atoms with Crippen LogP contribution in [0.5, 0.6) is 0 Å². The molecule has 4 rings (SSSR count). The van der Waals surface area contributed by atoms with E-state index in [0.717, 1.165) is 6.04 Å². The predicted octanol–water partition coefficient (Wildman–Crippen LogP) is 0.355. The number of piperazine rings is 1. The summed E-state index contributed by atoms with van der Waals surface area (Å²) < 4.78 is 2.20. The summed E-state index contributed by atoms with van der Waals surface area (Å²) in [7, 11) is 0. The van der Waals surface area contributed by atoms with Gasteiger partial charge in [0.1, 0.15) is 32.2 Å². The molecule has 2 aliphatic carbocycles. The first-order valence-corrected chi connectivity index (χ1v) is 10.8. The van der Waals surface area contributed by atoms with Crippen LogP contribution in [0.4, 0.5) is 0 Å². The highest BCUT2D eigenvalue weighted by Crippen LogP contribution is 2.30. The maximum absolute atomic E-state index is 4.53. The molecule has 140 valence electrons. The topological polar surface area (TPSA) is 52.5 Å². The molecule has 6 heteroatoms. The zero-order valence-electron chi connectivity index (χ0n) is 15.9. The van der Waals surface area contributed by atoms with Crippen molar-refractivity contribution in [3.63, 3.8) is 0 Å². The van der Waals surface area contributed by atoms with Crippen LogP contribution >= 0.6 is 0 Å². The van der Waals surface area contributed by atoms with Gasteiger partial charge in [0, 0.05) is 6.42 Å². The van der Waals surface area contributed by atoms with Gasteiger partial charge in [0.15, 0.2) is 0 Å². The fraction of sp³-hybridized carbons (Fsp3) is 0.947. The first-order chi connectivity index (χ1) is 12.4. The van der Waals surface area contributed by atoms with Gasteiger partial charge in [0.05, 0.1) is 12.1 Å². The molecule has 1 aromatic heterocycles. The average molecular weight is 349 g/mol. The molecule has 0 bridgehead atoms. The molecule has 3 aliphatic rings. The Hall–Kier alpha value is -1.01. The summed E-state index contributed by atoms with van der Waals surface area (Å²) in [5, 5.41) is 13.0. The Bertz CT molecular complexity index is 524. The SMILES string of the molecule is CCC[C@H](c1nnnn1C1CCCC1)[NH+]1CC[NH+](C2CCCC2)CC1. The Labute approximate surface area is 151 Å². The minimum Gasteiger partial charge on any atom is -0.323 e. The third kappa shape index (κ3) is 3.75. The van der Waals surface area contributed by atoms with Gasteiger partial charge in [-0.3, -0.25) is 0 Å². The molecule has 1 aliphatic heterocycles. The van der Waals surface area contributed by atoms with E-state index in [1.807, 2.05) is 4.90 Å². The molecule has 0 unspecified atom stereocenters. The number of hydrogen-bond donors (Lipinski definition) is 2. The van der Waals surface area contributed by atoms with Gasteiger partial charge in [-0.2, -0.15) is 0 Å². The van der Waals surface area contributed by atoms with Gasteiger partial charge in [-0.25, -0.2) is 4.68 Å². The van der Waals surface area contributed by atoms with Crippen molar-refractivity contribution in [3.8, 4) is 0 Å². The first kappa shape index (κ1) is 17.4. The molecular formula is C19H36N6+2. The fourth-order valence-corrected chi connectivity index (χ4v) is 5.63. The molecular weight excluding hydrogens is 312 g/mol. The zero-order chi connectivity index (χ0) is 17.1. The molecule has 6 nitrogen and oxygen atoms in total. The van der Waals surface area contributed by atoms with Crippen molar-refractivity contribution in [1.82, 2.24) is 20.2 Å². The standard InChI is InChI=1S/C19H34N6/c1-2-7-18(19-20-21-22-25(19)17-10-5-6-11-17)24-14-12-23(13-15-24)16-8-3-4-9-16/h16-18H,2-15H2,1H3/p+2/t18-/m1/s1. The molecule has 25 heavy (non-hydrogen) atoms.